The molecule has 1 aromatic carbocycles. The van der Waals surface area contributed by atoms with Gasteiger partial charge in [-0.1, -0.05) is 16.9 Å². The number of benzene rings is 1. The first kappa shape index (κ1) is 13.9. The lowest BCUT2D eigenvalue weighted by atomic mass is 10.2. The molecule has 2 aliphatic rings. The Balaban J connectivity index is 1.31. The van der Waals surface area contributed by atoms with Crippen molar-refractivity contribution in [1.82, 2.24) is 19.7 Å². The van der Waals surface area contributed by atoms with Crippen molar-refractivity contribution in [2.24, 2.45) is 0 Å². The van der Waals surface area contributed by atoms with E-state index in [1.165, 1.54) is 12.8 Å². The molecule has 1 saturated carbocycles. The minimum atomic E-state index is 0.251. The van der Waals surface area contributed by atoms with Gasteiger partial charge in [-0.15, -0.1) is 0 Å². The highest BCUT2D eigenvalue weighted by molar-refractivity contribution is 7.98. The summed E-state index contributed by atoms with van der Waals surface area (Å²) >= 11 is 1.61. The first-order chi connectivity index (χ1) is 11.9. The van der Waals surface area contributed by atoms with Gasteiger partial charge in [0.25, 0.3) is 0 Å². The largest absolute Gasteiger partial charge is 0.454 e. The molecule has 0 radical (unpaired) electrons. The Morgan fingerprint density at radius 1 is 1.21 bits per heavy atom. The molecule has 7 nitrogen and oxygen atoms in total. The smallest absolute Gasteiger partial charge is 0.237 e. The second-order valence-electron chi connectivity index (χ2n) is 5.72. The second-order valence-corrected chi connectivity index (χ2v) is 6.66. The number of thioether (sulfide) groups is 1. The maximum absolute atomic E-state index is 5.38. The van der Waals surface area contributed by atoms with E-state index in [1.54, 1.807) is 11.8 Å². The first-order valence-corrected chi connectivity index (χ1v) is 8.73. The standard InChI is InChI=1S/C16H14N4O3S/c1-4-12-13(22-9-21-12)7-10(1)15-18-14(23-19-15)8-24-16-17-5-6-20(16)11-2-3-11/h1,4-7,11H,2-3,8-9H2. The molecule has 0 bridgehead atoms. The number of hydrogen-bond donors (Lipinski definition) is 0. The van der Waals surface area contributed by atoms with Gasteiger partial charge in [0.1, 0.15) is 0 Å². The van der Waals surface area contributed by atoms with E-state index in [0.29, 0.717) is 29.3 Å². The molecule has 24 heavy (non-hydrogen) atoms. The molecule has 8 heteroatoms. The molecule has 1 aliphatic heterocycles. The summed E-state index contributed by atoms with van der Waals surface area (Å²) in [5.74, 6) is 3.18. The van der Waals surface area contributed by atoms with E-state index in [2.05, 4.69) is 19.7 Å². The fourth-order valence-corrected chi connectivity index (χ4v) is 3.50. The molecule has 3 heterocycles. The van der Waals surface area contributed by atoms with Crippen LogP contribution >= 0.6 is 11.8 Å². The number of hydrogen-bond acceptors (Lipinski definition) is 7. The van der Waals surface area contributed by atoms with Crippen molar-refractivity contribution in [3.8, 4) is 22.9 Å². The van der Waals surface area contributed by atoms with Gasteiger partial charge in [0, 0.05) is 24.0 Å². The molecule has 0 spiro atoms. The maximum atomic E-state index is 5.38. The van der Waals surface area contributed by atoms with Gasteiger partial charge in [-0.2, -0.15) is 4.98 Å². The highest BCUT2D eigenvalue weighted by Crippen LogP contribution is 2.38. The van der Waals surface area contributed by atoms with E-state index in [9.17, 15) is 0 Å². The van der Waals surface area contributed by atoms with Crippen LogP contribution in [0.5, 0.6) is 11.5 Å². The molecule has 2 aromatic heterocycles. The summed E-state index contributed by atoms with van der Waals surface area (Å²) in [5.41, 5.74) is 0.846. The Hall–Kier alpha value is -2.48. The van der Waals surface area contributed by atoms with Crippen molar-refractivity contribution in [3.05, 3.63) is 36.5 Å². The fourth-order valence-electron chi connectivity index (χ4n) is 2.63. The van der Waals surface area contributed by atoms with Crippen LogP contribution in [0.2, 0.25) is 0 Å². The average Bonchev–Trinajstić information content (AvgIpc) is 3.05. The predicted octanol–water partition coefficient (Wildman–Crippen LogP) is 3.29. The van der Waals surface area contributed by atoms with Gasteiger partial charge < -0.3 is 18.6 Å². The van der Waals surface area contributed by atoms with Crippen LogP contribution in [-0.2, 0) is 5.75 Å². The molecule has 0 amide bonds. The van der Waals surface area contributed by atoms with E-state index in [-0.39, 0.29) is 6.79 Å². The van der Waals surface area contributed by atoms with E-state index in [1.807, 2.05) is 30.6 Å². The van der Waals surface area contributed by atoms with Crippen LogP contribution in [0.15, 0.2) is 40.3 Å². The molecule has 0 atom stereocenters. The van der Waals surface area contributed by atoms with Crippen molar-refractivity contribution in [3.63, 3.8) is 0 Å². The molecule has 0 unspecified atom stereocenters. The van der Waals surface area contributed by atoms with Gasteiger partial charge >= 0.3 is 0 Å². The van der Waals surface area contributed by atoms with Gasteiger partial charge in [-0.3, -0.25) is 0 Å². The Labute approximate surface area is 142 Å². The number of aromatic nitrogens is 4. The zero-order valence-electron chi connectivity index (χ0n) is 12.7. The summed E-state index contributed by atoms with van der Waals surface area (Å²) in [5, 5.41) is 5.06. The van der Waals surface area contributed by atoms with Crippen LogP contribution in [-0.4, -0.2) is 26.5 Å². The third kappa shape index (κ3) is 2.52. The highest BCUT2D eigenvalue weighted by atomic mass is 32.2. The van der Waals surface area contributed by atoms with Gasteiger partial charge in [0.05, 0.1) is 5.75 Å². The van der Waals surface area contributed by atoms with Crippen LogP contribution in [0.4, 0.5) is 0 Å². The van der Waals surface area contributed by atoms with Gasteiger partial charge in [0.2, 0.25) is 18.5 Å². The summed E-state index contributed by atoms with van der Waals surface area (Å²) in [6, 6.07) is 6.23. The van der Waals surface area contributed by atoms with Gasteiger partial charge in [0.15, 0.2) is 16.7 Å². The maximum Gasteiger partial charge on any atom is 0.237 e. The zero-order valence-corrected chi connectivity index (χ0v) is 13.5. The molecule has 122 valence electrons. The highest BCUT2D eigenvalue weighted by Gasteiger charge is 2.25. The van der Waals surface area contributed by atoms with Crippen molar-refractivity contribution >= 4 is 11.8 Å². The van der Waals surface area contributed by atoms with Crippen molar-refractivity contribution in [2.45, 2.75) is 29.8 Å². The fraction of sp³-hybridized carbons (Fsp3) is 0.312. The van der Waals surface area contributed by atoms with Crippen LogP contribution < -0.4 is 9.47 Å². The summed E-state index contributed by atoms with van der Waals surface area (Å²) < 4.78 is 18.3. The molecule has 1 fully saturated rings. The number of ether oxygens (including phenoxy) is 2. The number of imidazole rings is 1. The average molecular weight is 342 g/mol. The third-order valence-electron chi connectivity index (χ3n) is 4.00. The molecule has 1 aliphatic carbocycles. The predicted molar refractivity (Wildman–Crippen MR) is 85.9 cm³/mol. The van der Waals surface area contributed by atoms with Crippen molar-refractivity contribution < 1.29 is 14.0 Å². The first-order valence-electron chi connectivity index (χ1n) is 7.75. The minimum Gasteiger partial charge on any atom is -0.454 e. The van der Waals surface area contributed by atoms with E-state index in [4.69, 9.17) is 14.0 Å². The van der Waals surface area contributed by atoms with Crippen LogP contribution in [0.1, 0.15) is 24.8 Å². The number of nitrogens with zero attached hydrogens (tertiary/aromatic N) is 4. The topological polar surface area (TPSA) is 75.2 Å². The second kappa shape index (κ2) is 5.55. The van der Waals surface area contributed by atoms with Gasteiger partial charge in [-0.05, 0) is 31.0 Å². The van der Waals surface area contributed by atoms with Crippen molar-refractivity contribution in [1.29, 1.82) is 0 Å². The summed E-state index contributed by atoms with van der Waals surface area (Å²) in [6.45, 7) is 0.251. The minimum absolute atomic E-state index is 0.251. The quantitative estimate of drug-likeness (QED) is 0.659. The van der Waals surface area contributed by atoms with Crippen LogP contribution in [0.3, 0.4) is 0 Å². The Bertz CT molecular complexity index is 887. The van der Waals surface area contributed by atoms with Crippen molar-refractivity contribution in [2.75, 3.05) is 6.79 Å². The normalized spacial score (nSPS) is 15.8. The molecule has 3 aromatic rings. The van der Waals surface area contributed by atoms with Crippen LogP contribution in [0, 0.1) is 0 Å². The third-order valence-corrected chi connectivity index (χ3v) is 4.96. The lowest BCUT2D eigenvalue weighted by Gasteiger charge is -2.03. The zero-order chi connectivity index (χ0) is 15.9. The van der Waals surface area contributed by atoms with E-state index < -0.39 is 0 Å². The molecule has 5 rings (SSSR count). The van der Waals surface area contributed by atoms with Gasteiger partial charge in [-0.25, -0.2) is 4.98 Å². The summed E-state index contributed by atoms with van der Waals surface area (Å²) in [4.78, 5) is 8.87. The Kier molecular flexibility index (Phi) is 3.22. The summed E-state index contributed by atoms with van der Waals surface area (Å²) in [6.07, 6.45) is 6.34. The Morgan fingerprint density at radius 3 is 3.04 bits per heavy atom. The lowest BCUT2D eigenvalue weighted by Crippen LogP contribution is -1.94. The molecule has 0 N–H and O–H groups in total. The van der Waals surface area contributed by atoms with E-state index >= 15 is 0 Å². The van der Waals surface area contributed by atoms with Crippen LogP contribution in [0.25, 0.3) is 11.4 Å². The van der Waals surface area contributed by atoms with E-state index in [0.717, 1.165) is 16.5 Å². The summed E-state index contributed by atoms with van der Waals surface area (Å²) in [7, 11) is 0. The molecular formula is C16H14N4O3S. The Morgan fingerprint density at radius 2 is 2.12 bits per heavy atom. The molecular weight excluding hydrogens is 328 g/mol. The number of rotatable bonds is 5. The number of fused-ring (bicyclic) bond motifs is 1. The molecule has 0 saturated heterocycles. The lowest BCUT2D eigenvalue weighted by molar-refractivity contribution is 0.174. The monoisotopic (exact) mass is 342 g/mol. The SMILES string of the molecule is c1cn(C2CC2)c(SCc2nc(-c3ccc4c(c3)OCO4)no2)n1.